The molecule has 0 aromatic carbocycles. The first-order valence-corrected chi connectivity index (χ1v) is 3.53. The van der Waals surface area contributed by atoms with Gasteiger partial charge in [-0.3, -0.25) is 0 Å². The highest BCUT2D eigenvalue weighted by atomic mass is 127. The van der Waals surface area contributed by atoms with E-state index >= 15 is 0 Å². The Balaban J connectivity index is 2.75. The van der Waals surface area contributed by atoms with Crippen LogP contribution in [0.1, 0.15) is 0 Å². The van der Waals surface area contributed by atoms with Gasteiger partial charge in [0, 0.05) is 9.78 Å². The first kappa shape index (κ1) is 7.01. The third kappa shape index (κ3) is 1.65. The van der Waals surface area contributed by atoms with E-state index in [2.05, 4.69) is 5.32 Å². The highest BCUT2D eigenvalue weighted by molar-refractivity contribution is 14.1. The van der Waals surface area contributed by atoms with Crippen LogP contribution in [0.25, 0.3) is 0 Å². The zero-order chi connectivity index (χ0) is 6.85. The topological polar surface area (TPSA) is 38.0 Å². The highest BCUT2D eigenvalue weighted by Gasteiger charge is 2.07. The fourth-order valence-corrected chi connectivity index (χ4v) is 1.07. The summed E-state index contributed by atoms with van der Waals surface area (Å²) in [5.74, 6) is -0.252. The molecule has 0 aromatic rings. The van der Waals surface area contributed by atoms with Gasteiger partial charge in [0.15, 0.2) is 5.83 Å². The summed E-state index contributed by atoms with van der Waals surface area (Å²) in [5, 5.41) is 2.62. The number of hydrogen-bond acceptors (Lipinski definition) is 2. The average molecular weight is 240 g/mol. The van der Waals surface area contributed by atoms with Crippen LogP contribution in [0.3, 0.4) is 0 Å². The van der Waals surface area contributed by atoms with Crippen LogP contribution in [0.2, 0.25) is 0 Å². The Morgan fingerprint density at radius 1 is 1.78 bits per heavy atom. The summed E-state index contributed by atoms with van der Waals surface area (Å²) in [7, 11) is 0. The largest absolute Gasteiger partial charge is 0.370 e. The molecule has 3 N–H and O–H groups in total. The third-order valence-corrected chi connectivity index (χ3v) is 1.83. The lowest BCUT2D eigenvalue weighted by atomic mass is 10.3. The molecule has 1 heterocycles. The fraction of sp³-hybridized carbons (Fsp3) is 0.200. The third-order valence-electron chi connectivity index (χ3n) is 0.957. The molecule has 9 heavy (non-hydrogen) atoms. The van der Waals surface area contributed by atoms with Gasteiger partial charge in [-0.1, -0.05) is 0 Å². The van der Waals surface area contributed by atoms with Gasteiger partial charge in [-0.15, -0.1) is 0 Å². The maximum Gasteiger partial charge on any atom is 0.151 e. The monoisotopic (exact) mass is 240 g/mol. The zero-order valence-corrected chi connectivity index (χ0v) is 6.72. The number of dihydropyridines is 1. The summed E-state index contributed by atoms with van der Waals surface area (Å²) in [6.07, 6.45) is 2.65. The average Bonchev–Trinajstić information content (AvgIpc) is 1.80. The number of allylic oxidation sites excluding steroid dienone is 2. The quantitative estimate of drug-likeness (QED) is 0.620. The highest BCUT2D eigenvalue weighted by Crippen LogP contribution is 2.20. The molecule has 0 aromatic heterocycles. The molecule has 2 nitrogen and oxygen atoms in total. The molecule has 50 valence electrons. The minimum Gasteiger partial charge on any atom is -0.370 e. The van der Waals surface area contributed by atoms with Gasteiger partial charge in [0.25, 0.3) is 0 Å². The number of halogens is 2. The second-order valence-electron chi connectivity index (χ2n) is 1.70. The van der Waals surface area contributed by atoms with Gasteiger partial charge in [-0.25, -0.2) is 4.39 Å². The van der Waals surface area contributed by atoms with Crippen LogP contribution < -0.4 is 11.1 Å². The summed E-state index contributed by atoms with van der Waals surface area (Å²) in [5.41, 5.74) is 5.38. The van der Waals surface area contributed by atoms with Crippen LogP contribution in [-0.2, 0) is 0 Å². The number of hydrogen-bond donors (Lipinski definition) is 2. The summed E-state index contributed by atoms with van der Waals surface area (Å²) in [6.45, 7) is 0. The van der Waals surface area contributed by atoms with Crippen molar-refractivity contribution in [3.63, 3.8) is 0 Å². The molecular weight excluding hydrogens is 234 g/mol. The summed E-state index contributed by atoms with van der Waals surface area (Å²) < 4.78 is 13.0. The first-order chi connectivity index (χ1) is 4.20. The van der Waals surface area contributed by atoms with Crippen LogP contribution in [0, 0.1) is 0 Å². The van der Waals surface area contributed by atoms with Gasteiger partial charge in [-0.05, 0) is 28.7 Å². The van der Waals surface area contributed by atoms with Crippen molar-refractivity contribution in [3.05, 3.63) is 21.7 Å². The van der Waals surface area contributed by atoms with E-state index in [0.29, 0.717) is 3.58 Å². The van der Waals surface area contributed by atoms with E-state index in [4.69, 9.17) is 5.73 Å². The molecule has 4 heteroatoms. The van der Waals surface area contributed by atoms with E-state index in [-0.39, 0.29) is 12.0 Å². The minimum atomic E-state index is -0.252. The first-order valence-electron chi connectivity index (χ1n) is 2.45. The smallest absolute Gasteiger partial charge is 0.151 e. The van der Waals surface area contributed by atoms with E-state index in [0.717, 1.165) is 0 Å². The van der Waals surface area contributed by atoms with Crippen molar-refractivity contribution in [1.82, 2.24) is 5.32 Å². The molecular formula is C5H6FIN2. The predicted molar refractivity (Wildman–Crippen MR) is 42.4 cm³/mol. The van der Waals surface area contributed by atoms with Gasteiger partial charge >= 0.3 is 0 Å². The van der Waals surface area contributed by atoms with Crippen LogP contribution >= 0.6 is 22.6 Å². The molecule has 1 aliphatic rings. The lowest BCUT2D eigenvalue weighted by Crippen LogP contribution is -2.33. The normalized spacial score (nSPS) is 26.3. The Morgan fingerprint density at radius 2 is 2.44 bits per heavy atom. The standard InChI is InChI=1S/C5H6FIN2/c6-3-2-9-5(8)1-4(3)7/h1-2,5,9H,8H2. The predicted octanol–water partition coefficient (Wildman–Crippen LogP) is 1.00. The van der Waals surface area contributed by atoms with Crippen molar-refractivity contribution < 1.29 is 4.39 Å². The molecule has 0 amide bonds. The molecule has 1 rings (SSSR count). The van der Waals surface area contributed by atoms with Crippen molar-refractivity contribution in [3.8, 4) is 0 Å². The van der Waals surface area contributed by atoms with Gasteiger partial charge in [0.05, 0.1) is 6.17 Å². The number of nitrogens with one attached hydrogen (secondary N) is 1. The summed E-state index contributed by atoms with van der Waals surface area (Å²) >= 11 is 1.90. The molecule has 0 aliphatic carbocycles. The number of rotatable bonds is 0. The number of nitrogens with two attached hydrogens (primary N) is 1. The van der Waals surface area contributed by atoms with Gasteiger partial charge in [-0.2, -0.15) is 0 Å². The zero-order valence-electron chi connectivity index (χ0n) is 4.57. The molecule has 0 bridgehead atoms. The van der Waals surface area contributed by atoms with E-state index in [9.17, 15) is 4.39 Å². The lowest BCUT2D eigenvalue weighted by molar-refractivity contribution is 0.615. The van der Waals surface area contributed by atoms with Crippen molar-refractivity contribution in [2.75, 3.05) is 0 Å². The maximum absolute atomic E-state index is 12.4. The van der Waals surface area contributed by atoms with Gasteiger partial charge in [0.1, 0.15) is 0 Å². The van der Waals surface area contributed by atoms with Crippen LogP contribution in [-0.4, -0.2) is 6.17 Å². The Kier molecular flexibility index (Phi) is 2.07. The molecule has 1 aliphatic heterocycles. The van der Waals surface area contributed by atoms with Crippen molar-refractivity contribution in [2.24, 2.45) is 5.73 Å². The van der Waals surface area contributed by atoms with Crippen LogP contribution in [0.5, 0.6) is 0 Å². The molecule has 0 fully saturated rings. The van der Waals surface area contributed by atoms with Crippen molar-refractivity contribution in [2.45, 2.75) is 6.17 Å². The van der Waals surface area contributed by atoms with Crippen molar-refractivity contribution in [1.29, 1.82) is 0 Å². The minimum absolute atomic E-state index is 0.239. The molecule has 0 saturated carbocycles. The Labute approximate surface area is 66.1 Å². The second kappa shape index (κ2) is 2.66. The van der Waals surface area contributed by atoms with Crippen LogP contribution in [0.4, 0.5) is 4.39 Å². The van der Waals surface area contributed by atoms with E-state index in [1.54, 1.807) is 6.08 Å². The second-order valence-corrected chi connectivity index (χ2v) is 2.86. The molecule has 1 atom stereocenters. The molecule has 1 unspecified atom stereocenters. The fourth-order valence-electron chi connectivity index (χ4n) is 0.524. The Bertz CT molecular complexity index is 176. The van der Waals surface area contributed by atoms with Gasteiger partial charge < -0.3 is 11.1 Å². The van der Waals surface area contributed by atoms with Gasteiger partial charge in [0.2, 0.25) is 0 Å². The summed E-state index contributed by atoms with van der Waals surface area (Å²) in [6, 6.07) is 0. The Hall–Kier alpha value is -0.100. The van der Waals surface area contributed by atoms with Crippen LogP contribution in [0.15, 0.2) is 21.7 Å². The molecule has 0 saturated heterocycles. The van der Waals surface area contributed by atoms with E-state index < -0.39 is 0 Å². The van der Waals surface area contributed by atoms with E-state index in [1.165, 1.54) is 6.20 Å². The molecule has 0 radical (unpaired) electrons. The molecule has 0 spiro atoms. The van der Waals surface area contributed by atoms with E-state index in [1.807, 2.05) is 22.6 Å². The Morgan fingerprint density at radius 3 is 2.89 bits per heavy atom. The SMILES string of the molecule is NC1C=C(I)C(F)=CN1. The summed E-state index contributed by atoms with van der Waals surface area (Å²) in [4.78, 5) is 0. The van der Waals surface area contributed by atoms with Crippen molar-refractivity contribution >= 4 is 22.6 Å². The maximum atomic E-state index is 12.4. The lowest BCUT2D eigenvalue weighted by Gasteiger charge is -2.12.